The maximum atomic E-state index is 12.4. The van der Waals surface area contributed by atoms with Gasteiger partial charge in [0.25, 0.3) is 5.91 Å². The van der Waals surface area contributed by atoms with Crippen molar-refractivity contribution < 1.29 is 17.9 Å². The lowest BCUT2D eigenvalue weighted by Crippen LogP contribution is -2.28. The predicted octanol–water partition coefficient (Wildman–Crippen LogP) is 1.70. The van der Waals surface area contributed by atoms with E-state index in [4.69, 9.17) is 4.74 Å². The summed E-state index contributed by atoms with van der Waals surface area (Å²) in [5, 5.41) is 2.74. The van der Waals surface area contributed by atoms with E-state index in [1.54, 1.807) is 18.5 Å². The molecule has 0 aliphatic heterocycles. The average Bonchev–Trinajstić information content (AvgIpc) is 2.61. The monoisotopic (exact) mass is 427 g/mol. The van der Waals surface area contributed by atoms with Crippen molar-refractivity contribution in [3.05, 3.63) is 58.3 Å². The van der Waals surface area contributed by atoms with E-state index in [0.29, 0.717) is 11.0 Å². The lowest BCUT2D eigenvalue weighted by Gasteiger charge is -2.10. The van der Waals surface area contributed by atoms with Gasteiger partial charge in [0.1, 0.15) is 0 Å². The highest BCUT2D eigenvalue weighted by Crippen LogP contribution is 2.21. The van der Waals surface area contributed by atoms with Gasteiger partial charge in [0, 0.05) is 37.1 Å². The molecule has 0 aliphatic carbocycles. The first-order chi connectivity index (χ1) is 11.9. The third-order valence-corrected chi connectivity index (χ3v) is 5.42. The molecule has 1 aromatic heterocycles. The number of hydrogen-bond donors (Lipinski definition) is 2. The van der Waals surface area contributed by atoms with Crippen LogP contribution in [0.5, 0.6) is 0 Å². The zero-order valence-electron chi connectivity index (χ0n) is 13.5. The number of benzene rings is 1. The van der Waals surface area contributed by atoms with E-state index in [2.05, 4.69) is 31.0 Å². The van der Waals surface area contributed by atoms with Crippen molar-refractivity contribution in [3.8, 4) is 0 Å². The standard InChI is InChI=1S/C16H18BrN3O4S/c1-24-8-7-20-25(22,23)13-4-5-15(17)14(9-13)16(21)19-11-12-3-2-6-18-10-12/h2-6,9-10,20H,7-8,11H2,1H3,(H,19,21). The van der Waals surface area contributed by atoms with Crippen molar-refractivity contribution in [2.45, 2.75) is 11.4 Å². The van der Waals surface area contributed by atoms with Crippen LogP contribution < -0.4 is 10.0 Å². The molecule has 2 N–H and O–H groups in total. The van der Waals surface area contributed by atoms with E-state index in [0.717, 1.165) is 5.56 Å². The quantitative estimate of drug-likeness (QED) is 0.624. The molecule has 2 aromatic rings. The van der Waals surface area contributed by atoms with Crippen molar-refractivity contribution in [2.75, 3.05) is 20.3 Å². The first-order valence-corrected chi connectivity index (χ1v) is 9.67. The Hall–Kier alpha value is -1.81. The topological polar surface area (TPSA) is 97.4 Å². The molecule has 0 saturated carbocycles. The number of aromatic nitrogens is 1. The highest BCUT2D eigenvalue weighted by Gasteiger charge is 2.18. The SMILES string of the molecule is COCCNS(=O)(=O)c1ccc(Br)c(C(=O)NCc2cccnc2)c1. The summed E-state index contributed by atoms with van der Waals surface area (Å²) in [6.07, 6.45) is 3.29. The fourth-order valence-electron chi connectivity index (χ4n) is 1.99. The summed E-state index contributed by atoms with van der Waals surface area (Å²) >= 11 is 3.28. The predicted molar refractivity (Wildman–Crippen MR) is 96.6 cm³/mol. The van der Waals surface area contributed by atoms with E-state index < -0.39 is 10.0 Å². The largest absolute Gasteiger partial charge is 0.383 e. The van der Waals surface area contributed by atoms with Crippen LogP contribution >= 0.6 is 15.9 Å². The summed E-state index contributed by atoms with van der Waals surface area (Å²) < 4.78 is 32.2. The minimum absolute atomic E-state index is 0.0123. The number of halogens is 1. The average molecular weight is 428 g/mol. The highest BCUT2D eigenvalue weighted by atomic mass is 79.9. The highest BCUT2D eigenvalue weighted by molar-refractivity contribution is 9.10. The molecule has 1 heterocycles. The third kappa shape index (κ3) is 5.60. The molecule has 1 aromatic carbocycles. The minimum atomic E-state index is -3.71. The van der Waals surface area contributed by atoms with Gasteiger partial charge in [0.15, 0.2) is 0 Å². The van der Waals surface area contributed by atoms with Gasteiger partial charge in [-0.3, -0.25) is 9.78 Å². The normalized spacial score (nSPS) is 11.3. The Balaban J connectivity index is 2.13. The van der Waals surface area contributed by atoms with Gasteiger partial charge in [-0.25, -0.2) is 13.1 Å². The van der Waals surface area contributed by atoms with Gasteiger partial charge >= 0.3 is 0 Å². The third-order valence-electron chi connectivity index (χ3n) is 3.27. The number of sulfonamides is 1. The van der Waals surface area contributed by atoms with Crippen LogP contribution in [-0.4, -0.2) is 39.6 Å². The van der Waals surface area contributed by atoms with E-state index in [1.165, 1.54) is 25.3 Å². The lowest BCUT2D eigenvalue weighted by molar-refractivity contribution is 0.0950. The molecule has 1 amide bonds. The van der Waals surface area contributed by atoms with Crippen LogP contribution in [0.25, 0.3) is 0 Å². The Bertz CT molecular complexity index is 829. The summed E-state index contributed by atoms with van der Waals surface area (Å²) in [5.74, 6) is -0.385. The second-order valence-electron chi connectivity index (χ2n) is 5.08. The molecule has 0 spiro atoms. The van der Waals surface area contributed by atoms with Crippen LogP contribution in [0, 0.1) is 0 Å². The lowest BCUT2D eigenvalue weighted by atomic mass is 10.2. The molecule has 0 saturated heterocycles. The number of nitrogens with one attached hydrogen (secondary N) is 2. The number of rotatable bonds is 8. The number of nitrogens with zero attached hydrogens (tertiary/aromatic N) is 1. The molecule has 0 radical (unpaired) electrons. The van der Waals surface area contributed by atoms with Crippen LogP contribution in [0.1, 0.15) is 15.9 Å². The van der Waals surface area contributed by atoms with Gasteiger partial charge in [0.2, 0.25) is 10.0 Å². The summed E-state index contributed by atoms with van der Waals surface area (Å²) in [4.78, 5) is 16.4. The number of hydrogen-bond acceptors (Lipinski definition) is 5. The molecule has 0 bridgehead atoms. The Morgan fingerprint density at radius 3 is 2.80 bits per heavy atom. The van der Waals surface area contributed by atoms with E-state index in [-0.39, 0.29) is 29.5 Å². The molecule has 2 rings (SSSR count). The Morgan fingerprint density at radius 2 is 2.12 bits per heavy atom. The van der Waals surface area contributed by atoms with Gasteiger partial charge in [-0.2, -0.15) is 0 Å². The fourth-order valence-corrected chi connectivity index (χ4v) is 3.45. The zero-order chi connectivity index (χ0) is 18.3. The first-order valence-electron chi connectivity index (χ1n) is 7.39. The van der Waals surface area contributed by atoms with E-state index >= 15 is 0 Å². The Morgan fingerprint density at radius 1 is 1.32 bits per heavy atom. The minimum Gasteiger partial charge on any atom is -0.383 e. The summed E-state index contributed by atoms with van der Waals surface area (Å²) in [6, 6.07) is 7.90. The number of methoxy groups -OCH3 is 1. The van der Waals surface area contributed by atoms with Crippen LogP contribution in [0.3, 0.4) is 0 Å². The molecule has 0 atom stereocenters. The van der Waals surface area contributed by atoms with Crippen LogP contribution in [-0.2, 0) is 21.3 Å². The summed E-state index contributed by atoms with van der Waals surface area (Å²) in [6.45, 7) is 0.702. The Kier molecular flexibility index (Phi) is 7.06. The molecule has 25 heavy (non-hydrogen) atoms. The fraction of sp³-hybridized carbons (Fsp3) is 0.250. The van der Waals surface area contributed by atoms with Crippen LogP contribution in [0.4, 0.5) is 0 Å². The van der Waals surface area contributed by atoms with Crippen molar-refractivity contribution in [2.24, 2.45) is 0 Å². The maximum absolute atomic E-state index is 12.4. The molecular formula is C16H18BrN3O4S. The number of ether oxygens (including phenoxy) is 1. The number of carbonyl (C=O) groups excluding carboxylic acids is 1. The van der Waals surface area contributed by atoms with Crippen molar-refractivity contribution in [3.63, 3.8) is 0 Å². The molecule has 0 unspecified atom stereocenters. The number of amides is 1. The van der Waals surface area contributed by atoms with Crippen LogP contribution in [0.15, 0.2) is 52.1 Å². The molecule has 0 fully saturated rings. The smallest absolute Gasteiger partial charge is 0.252 e. The van der Waals surface area contributed by atoms with Gasteiger partial charge in [-0.15, -0.1) is 0 Å². The summed E-state index contributed by atoms with van der Waals surface area (Å²) in [5.41, 5.74) is 1.08. The second-order valence-corrected chi connectivity index (χ2v) is 7.70. The summed E-state index contributed by atoms with van der Waals surface area (Å²) in [7, 11) is -2.23. The second kappa shape index (κ2) is 9.04. The van der Waals surface area contributed by atoms with E-state index in [1.807, 2.05) is 6.07 Å². The van der Waals surface area contributed by atoms with E-state index in [9.17, 15) is 13.2 Å². The van der Waals surface area contributed by atoms with Gasteiger partial charge in [-0.05, 0) is 45.8 Å². The van der Waals surface area contributed by atoms with Crippen molar-refractivity contribution >= 4 is 31.9 Å². The number of carbonyl (C=O) groups is 1. The molecule has 0 aliphatic rings. The maximum Gasteiger partial charge on any atom is 0.252 e. The van der Waals surface area contributed by atoms with Crippen LogP contribution in [0.2, 0.25) is 0 Å². The molecule has 134 valence electrons. The molecule has 7 nitrogen and oxygen atoms in total. The van der Waals surface area contributed by atoms with Crippen molar-refractivity contribution in [1.29, 1.82) is 0 Å². The number of pyridine rings is 1. The molecule has 9 heteroatoms. The van der Waals surface area contributed by atoms with Gasteiger partial charge in [0.05, 0.1) is 17.1 Å². The van der Waals surface area contributed by atoms with Gasteiger partial charge in [-0.1, -0.05) is 6.07 Å². The molecular weight excluding hydrogens is 410 g/mol. The first kappa shape index (κ1) is 19.5. The Labute approximate surface area is 155 Å². The zero-order valence-corrected chi connectivity index (χ0v) is 15.9. The van der Waals surface area contributed by atoms with Crippen molar-refractivity contribution in [1.82, 2.24) is 15.0 Å². The van der Waals surface area contributed by atoms with Gasteiger partial charge < -0.3 is 10.1 Å².